The Kier molecular flexibility index (Phi) is 6.00. The van der Waals surface area contributed by atoms with E-state index in [4.69, 9.17) is 14.2 Å². The number of hydrogen-bond donors (Lipinski definition) is 0. The van der Waals surface area contributed by atoms with E-state index in [-0.39, 0.29) is 30.4 Å². The molecule has 2 unspecified atom stereocenters. The monoisotopic (exact) mass is 402 g/mol. The first-order valence-electron chi connectivity index (χ1n) is 11.1. The lowest BCUT2D eigenvalue weighted by Crippen LogP contribution is -2.50. The predicted molar refractivity (Wildman–Crippen MR) is 110 cm³/mol. The van der Waals surface area contributed by atoms with E-state index in [1.165, 1.54) is 0 Å². The van der Waals surface area contributed by atoms with E-state index in [9.17, 15) is 4.79 Å². The van der Waals surface area contributed by atoms with Crippen molar-refractivity contribution in [2.45, 2.75) is 108 Å². The quantitative estimate of drug-likeness (QED) is 0.729. The number of ether oxygens (including phenoxy) is 3. The number of nitrogens with zero attached hydrogens (tertiary/aromatic N) is 2. The average Bonchev–Trinajstić information content (AvgIpc) is 2.94. The molecule has 3 fully saturated rings. The topological polar surface area (TPSA) is 60.9 Å². The minimum absolute atomic E-state index is 0.155. The van der Waals surface area contributed by atoms with Crippen LogP contribution in [0.15, 0.2) is 24.5 Å². The van der Waals surface area contributed by atoms with Crippen molar-refractivity contribution in [2.75, 3.05) is 0 Å². The van der Waals surface area contributed by atoms with Crippen LogP contribution in [0.2, 0.25) is 0 Å². The maximum absolute atomic E-state index is 12.6. The molecule has 3 aliphatic rings. The Labute approximate surface area is 173 Å². The Balaban J connectivity index is 1.24. The Morgan fingerprint density at radius 3 is 2.10 bits per heavy atom. The fraction of sp³-hybridized carbons (Fsp3) is 0.739. The second kappa shape index (κ2) is 8.50. The van der Waals surface area contributed by atoms with Crippen LogP contribution in [0, 0.1) is 0 Å². The van der Waals surface area contributed by atoms with Gasteiger partial charge < -0.3 is 19.1 Å². The van der Waals surface area contributed by atoms with Crippen molar-refractivity contribution in [3.05, 3.63) is 24.5 Å². The fourth-order valence-corrected chi connectivity index (χ4v) is 5.02. The molecule has 1 amide bonds. The van der Waals surface area contributed by atoms with Crippen LogP contribution in [0.1, 0.15) is 72.1 Å². The molecule has 1 aliphatic carbocycles. The summed E-state index contributed by atoms with van der Waals surface area (Å²) in [5, 5.41) is 0. The van der Waals surface area contributed by atoms with E-state index in [1.54, 1.807) is 12.4 Å². The minimum atomic E-state index is -0.444. The predicted octanol–water partition coefficient (Wildman–Crippen LogP) is 4.72. The summed E-state index contributed by atoms with van der Waals surface area (Å²) in [6.45, 7) is 5.78. The molecule has 6 heteroatoms. The normalized spacial score (nSPS) is 32.1. The average molecular weight is 403 g/mol. The van der Waals surface area contributed by atoms with Crippen molar-refractivity contribution >= 4 is 6.09 Å². The van der Waals surface area contributed by atoms with E-state index < -0.39 is 5.60 Å². The number of aromatic nitrogens is 1. The first-order valence-corrected chi connectivity index (χ1v) is 11.1. The standard InChI is InChI=1S/C23H34N2O4/c1-23(2,3)29-22(26)25-16-4-5-17(25)15-21(14-16)28-19-8-6-18(7-9-19)27-20-10-12-24-13-11-20/h10-13,16-19,21H,4-9,14-15H2,1-3H3. The van der Waals surface area contributed by atoms with Crippen molar-refractivity contribution in [1.29, 1.82) is 0 Å². The molecular formula is C23H34N2O4. The summed E-state index contributed by atoms with van der Waals surface area (Å²) >= 11 is 0. The molecular weight excluding hydrogens is 368 g/mol. The molecule has 6 nitrogen and oxygen atoms in total. The Morgan fingerprint density at radius 1 is 0.931 bits per heavy atom. The molecule has 0 spiro atoms. The van der Waals surface area contributed by atoms with E-state index in [0.717, 1.165) is 57.1 Å². The highest BCUT2D eigenvalue weighted by Gasteiger charge is 2.45. The van der Waals surface area contributed by atoms with Gasteiger partial charge in [0.2, 0.25) is 0 Å². The lowest BCUT2D eigenvalue weighted by atomic mass is 9.93. The van der Waals surface area contributed by atoms with Crippen molar-refractivity contribution in [3.63, 3.8) is 0 Å². The maximum Gasteiger partial charge on any atom is 0.410 e. The summed E-state index contributed by atoms with van der Waals surface area (Å²) in [7, 11) is 0. The Morgan fingerprint density at radius 2 is 1.52 bits per heavy atom. The molecule has 2 saturated heterocycles. The van der Waals surface area contributed by atoms with Crippen LogP contribution >= 0.6 is 0 Å². The molecule has 1 saturated carbocycles. The zero-order chi connectivity index (χ0) is 20.4. The second-order valence-corrected chi connectivity index (χ2v) is 9.70. The Bertz CT molecular complexity index is 668. The van der Waals surface area contributed by atoms with E-state index in [2.05, 4.69) is 4.98 Å². The zero-order valence-corrected chi connectivity index (χ0v) is 17.9. The number of rotatable bonds is 4. The summed E-state index contributed by atoms with van der Waals surface area (Å²) in [4.78, 5) is 18.6. The first kappa shape index (κ1) is 20.5. The third kappa shape index (κ3) is 5.21. The van der Waals surface area contributed by atoms with Gasteiger partial charge in [0, 0.05) is 24.5 Å². The van der Waals surface area contributed by atoms with Gasteiger partial charge in [0.1, 0.15) is 11.4 Å². The fourth-order valence-electron chi connectivity index (χ4n) is 5.02. The van der Waals surface area contributed by atoms with E-state index >= 15 is 0 Å². The van der Waals surface area contributed by atoms with Gasteiger partial charge in [-0.15, -0.1) is 0 Å². The van der Waals surface area contributed by atoms with Gasteiger partial charge in [-0.25, -0.2) is 4.79 Å². The molecule has 1 aromatic rings. The van der Waals surface area contributed by atoms with Gasteiger partial charge in [-0.2, -0.15) is 0 Å². The number of carbonyl (C=O) groups excluding carboxylic acids is 1. The van der Waals surface area contributed by atoms with Gasteiger partial charge in [-0.1, -0.05) is 0 Å². The van der Waals surface area contributed by atoms with Crippen LogP contribution in [0.4, 0.5) is 4.79 Å². The highest BCUT2D eigenvalue weighted by molar-refractivity contribution is 5.69. The molecule has 0 radical (unpaired) electrons. The second-order valence-electron chi connectivity index (χ2n) is 9.70. The van der Waals surface area contributed by atoms with Gasteiger partial charge in [-0.05, 0) is 84.3 Å². The number of hydrogen-bond acceptors (Lipinski definition) is 5. The van der Waals surface area contributed by atoms with Gasteiger partial charge in [0.05, 0.1) is 18.3 Å². The SMILES string of the molecule is CC(C)(C)OC(=O)N1C2CCC1CC(OC1CCC(Oc3ccncc3)CC1)C2. The van der Waals surface area contributed by atoms with Crippen LogP contribution < -0.4 is 4.74 Å². The molecule has 160 valence electrons. The highest BCUT2D eigenvalue weighted by atomic mass is 16.6. The van der Waals surface area contributed by atoms with Crippen molar-refractivity contribution in [1.82, 2.24) is 9.88 Å². The summed E-state index contributed by atoms with van der Waals surface area (Å²) in [5.74, 6) is 0.899. The molecule has 2 bridgehead atoms. The summed E-state index contributed by atoms with van der Waals surface area (Å²) in [6.07, 6.45) is 12.3. The maximum atomic E-state index is 12.6. The number of amides is 1. The number of carbonyl (C=O) groups is 1. The highest BCUT2D eigenvalue weighted by Crippen LogP contribution is 2.39. The molecule has 3 heterocycles. The van der Waals surface area contributed by atoms with Gasteiger partial charge in [0.25, 0.3) is 0 Å². The molecule has 29 heavy (non-hydrogen) atoms. The molecule has 0 aromatic carbocycles. The third-order valence-corrected chi connectivity index (χ3v) is 6.25. The van der Waals surface area contributed by atoms with Gasteiger partial charge >= 0.3 is 6.09 Å². The van der Waals surface area contributed by atoms with Gasteiger partial charge in [-0.3, -0.25) is 4.98 Å². The molecule has 1 aromatic heterocycles. The first-order chi connectivity index (χ1) is 13.9. The molecule has 2 atom stereocenters. The summed E-state index contributed by atoms with van der Waals surface area (Å²) in [5.41, 5.74) is -0.444. The Hall–Kier alpha value is -1.82. The number of fused-ring (bicyclic) bond motifs is 2. The summed E-state index contributed by atoms with van der Waals surface area (Å²) in [6, 6.07) is 4.35. The van der Waals surface area contributed by atoms with E-state index in [1.807, 2.05) is 37.8 Å². The molecule has 2 aliphatic heterocycles. The van der Waals surface area contributed by atoms with Crippen LogP contribution in [-0.2, 0) is 9.47 Å². The zero-order valence-electron chi connectivity index (χ0n) is 17.9. The van der Waals surface area contributed by atoms with Crippen molar-refractivity contribution in [3.8, 4) is 5.75 Å². The smallest absolute Gasteiger partial charge is 0.410 e. The molecule has 4 rings (SSSR count). The lowest BCUT2D eigenvalue weighted by Gasteiger charge is -2.41. The number of piperidine rings is 1. The van der Waals surface area contributed by atoms with E-state index in [0.29, 0.717) is 6.10 Å². The van der Waals surface area contributed by atoms with Crippen molar-refractivity contribution in [2.24, 2.45) is 0 Å². The number of pyridine rings is 1. The minimum Gasteiger partial charge on any atom is -0.490 e. The van der Waals surface area contributed by atoms with Crippen molar-refractivity contribution < 1.29 is 19.0 Å². The summed E-state index contributed by atoms with van der Waals surface area (Å²) < 4.78 is 18.2. The lowest BCUT2D eigenvalue weighted by molar-refractivity contribution is -0.0812. The third-order valence-electron chi connectivity index (χ3n) is 6.25. The van der Waals surface area contributed by atoms with Crippen LogP contribution in [-0.4, -0.2) is 52.0 Å². The van der Waals surface area contributed by atoms with Crippen LogP contribution in [0.3, 0.4) is 0 Å². The van der Waals surface area contributed by atoms with Crippen LogP contribution in [0.25, 0.3) is 0 Å². The van der Waals surface area contributed by atoms with Crippen LogP contribution in [0.5, 0.6) is 5.75 Å². The molecule has 0 N–H and O–H groups in total. The largest absolute Gasteiger partial charge is 0.490 e. The van der Waals surface area contributed by atoms with Gasteiger partial charge in [0.15, 0.2) is 0 Å².